The monoisotopic (exact) mass is 242 g/mol. The fraction of sp³-hybridized carbons (Fsp3) is 0.143. The second-order valence-corrected chi connectivity index (χ2v) is 3.86. The van der Waals surface area contributed by atoms with Crippen molar-refractivity contribution < 1.29 is 9.53 Å². The molecular weight excluding hydrogens is 228 g/mol. The van der Waals surface area contributed by atoms with Crippen LogP contribution in [-0.2, 0) is 9.53 Å². The smallest absolute Gasteiger partial charge is 0.330 e. The average Bonchev–Trinajstić information content (AvgIpc) is 2.85. The number of carbonyl (C=O) groups is 1. The summed E-state index contributed by atoms with van der Waals surface area (Å²) in [6, 6.07) is 7.98. The molecule has 0 fully saturated rings. The van der Waals surface area contributed by atoms with Gasteiger partial charge in [0.15, 0.2) is 0 Å². The second-order valence-electron chi connectivity index (χ2n) is 3.86. The lowest BCUT2D eigenvalue weighted by Crippen LogP contribution is -1.96. The summed E-state index contributed by atoms with van der Waals surface area (Å²) in [6.45, 7) is 2.03. The first-order chi connectivity index (χ1) is 8.70. The number of methoxy groups -OCH3 is 1. The van der Waals surface area contributed by atoms with Crippen molar-refractivity contribution in [2.24, 2.45) is 0 Å². The van der Waals surface area contributed by atoms with E-state index in [0.29, 0.717) is 0 Å². The van der Waals surface area contributed by atoms with E-state index in [0.717, 1.165) is 16.8 Å². The number of para-hydroxylation sites is 1. The molecule has 0 aliphatic heterocycles. The van der Waals surface area contributed by atoms with E-state index in [4.69, 9.17) is 0 Å². The van der Waals surface area contributed by atoms with E-state index >= 15 is 0 Å². The van der Waals surface area contributed by atoms with Gasteiger partial charge in [-0.15, -0.1) is 0 Å². The van der Waals surface area contributed by atoms with E-state index in [9.17, 15) is 4.79 Å². The molecule has 0 saturated carbocycles. The third-order valence-electron chi connectivity index (χ3n) is 2.58. The largest absolute Gasteiger partial charge is 0.466 e. The molecule has 1 aromatic heterocycles. The zero-order valence-corrected chi connectivity index (χ0v) is 10.3. The van der Waals surface area contributed by atoms with Gasteiger partial charge in [0, 0.05) is 17.8 Å². The predicted octanol–water partition coefficient (Wildman–Crippen LogP) is 2.37. The molecule has 1 heterocycles. The highest BCUT2D eigenvalue weighted by Gasteiger charge is 2.01. The van der Waals surface area contributed by atoms with E-state index in [-0.39, 0.29) is 5.97 Å². The molecule has 0 radical (unpaired) electrons. The van der Waals surface area contributed by atoms with Crippen LogP contribution in [-0.4, -0.2) is 22.9 Å². The van der Waals surface area contributed by atoms with Gasteiger partial charge < -0.3 is 4.74 Å². The van der Waals surface area contributed by atoms with Gasteiger partial charge in [-0.1, -0.05) is 18.2 Å². The highest BCUT2D eigenvalue weighted by molar-refractivity contribution is 5.86. The molecule has 0 aliphatic rings. The normalized spacial score (nSPS) is 10.8. The third kappa shape index (κ3) is 2.66. The molecule has 4 nitrogen and oxygen atoms in total. The van der Waals surface area contributed by atoms with Crippen LogP contribution in [0.4, 0.5) is 0 Å². The molecule has 18 heavy (non-hydrogen) atoms. The van der Waals surface area contributed by atoms with Crippen LogP contribution in [0.15, 0.2) is 42.7 Å². The molecule has 4 heteroatoms. The molecule has 0 N–H and O–H groups in total. The van der Waals surface area contributed by atoms with Crippen molar-refractivity contribution in [3.05, 3.63) is 53.9 Å². The summed E-state index contributed by atoms with van der Waals surface area (Å²) < 4.78 is 6.31. The number of benzene rings is 1. The molecule has 0 bridgehead atoms. The van der Waals surface area contributed by atoms with Gasteiger partial charge in [0.25, 0.3) is 0 Å². The first kappa shape index (κ1) is 12.1. The molecule has 2 rings (SSSR count). The van der Waals surface area contributed by atoms with Gasteiger partial charge >= 0.3 is 5.97 Å². The van der Waals surface area contributed by atoms with Gasteiger partial charge in [0.1, 0.15) is 0 Å². The number of nitrogens with zero attached hydrogens (tertiary/aromatic N) is 2. The molecule has 2 aromatic rings. The summed E-state index contributed by atoms with van der Waals surface area (Å²) in [5.41, 5.74) is 3.02. The quantitative estimate of drug-likeness (QED) is 0.613. The molecule has 0 atom stereocenters. The Labute approximate surface area is 106 Å². The molecule has 0 amide bonds. The van der Waals surface area contributed by atoms with Crippen LogP contribution < -0.4 is 0 Å². The van der Waals surface area contributed by atoms with Crippen LogP contribution in [0, 0.1) is 6.92 Å². The summed E-state index contributed by atoms with van der Waals surface area (Å²) in [5, 5.41) is 4.26. The Morgan fingerprint density at radius 1 is 1.39 bits per heavy atom. The van der Waals surface area contributed by atoms with E-state index in [1.165, 1.54) is 13.2 Å². The van der Waals surface area contributed by atoms with Gasteiger partial charge in [-0.3, -0.25) is 0 Å². The Hall–Kier alpha value is -2.36. The van der Waals surface area contributed by atoms with E-state index in [2.05, 4.69) is 9.84 Å². The van der Waals surface area contributed by atoms with Gasteiger partial charge in [0.05, 0.1) is 19.0 Å². The van der Waals surface area contributed by atoms with Crippen molar-refractivity contribution in [3.8, 4) is 5.69 Å². The zero-order valence-electron chi connectivity index (χ0n) is 10.3. The first-order valence-electron chi connectivity index (χ1n) is 5.57. The summed E-state index contributed by atoms with van der Waals surface area (Å²) in [4.78, 5) is 11.0. The van der Waals surface area contributed by atoms with Crippen molar-refractivity contribution in [1.29, 1.82) is 0 Å². The fourth-order valence-corrected chi connectivity index (χ4v) is 1.61. The summed E-state index contributed by atoms with van der Waals surface area (Å²) in [5.74, 6) is -0.376. The summed E-state index contributed by atoms with van der Waals surface area (Å²) >= 11 is 0. The van der Waals surface area contributed by atoms with Gasteiger partial charge in [0.2, 0.25) is 0 Å². The molecule has 0 saturated heterocycles. The Morgan fingerprint density at radius 2 is 2.17 bits per heavy atom. The molecule has 0 unspecified atom stereocenters. The number of aryl methyl sites for hydroxylation is 1. The number of rotatable bonds is 3. The van der Waals surface area contributed by atoms with Crippen molar-refractivity contribution in [3.63, 3.8) is 0 Å². The number of hydrogen-bond acceptors (Lipinski definition) is 3. The third-order valence-corrected chi connectivity index (χ3v) is 2.58. The summed E-state index contributed by atoms with van der Waals surface area (Å²) in [7, 11) is 1.35. The van der Waals surface area contributed by atoms with E-state index in [1.54, 1.807) is 17.0 Å². The SMILES string of the molecule is COC(=O)C=Cc1cnn(-c2ccccc2C)c1. The minimum absolute atomic E-state index is 0.376. The molecular formula is C14H14N2O2. The molecule has 0 aliphatic carbocycles. The van der Waals surface area contributed by atoms with Crippen LogP contribution in [0.5, 0.6) is 0 Å². The second kappa shape index (κ2) is 5.31. The molecule has 1 aromatic carbocycles. The van der Waals surface area contributed by atoms with Crippen LogP contribution >= 0.6 is 0 Å². The van der Waals surface area contributed by atoms with Gasteiger partial charge in [-0.2, -0.15) is 5.10 Å². The summed E-state index contributed by atoms with van der Waals surface area (Å²) in [6.07, 6.45) is 6.61. The van der Waals surface area contributed by atoms with Crippen LogP contribution in [0.1, 0.15) is 11.1 Å². The Balaban J connectivity index is 2.24. The Kier molecular flexibility index (Phi) is 3.57. The molecule has 0 spiro atoms. The number of hydrogen-bond donors (Lipinski definition) is 0. The maximum absolute atomic E-state index is 11.0. The number of ether oxygens (including phenoxy) is 1. The van der Waals surface area contributed by atoms with Crippen molar-refractivity contribution in [1.82, 2.24) is 9.78 Å². The van der Waals surface area contributed by atoms with Crippen molar-refractivity contribution in [2.45, 2.75) is 6.92 Å². The fourth-order valence-electron chi connectivity index (χ4n) is 1.61. The van der Waals surface area contributed by atoms with E-state index < -0.39 is 0 Å². The predicted molar refractivity (Wildman–Crippen MR) is 69.4 cm³/mol. The highest BCUT2D eigenvalue weighted by atomic mass is 16.5. The maximum Gasteiger partial charge on any atom is 0.330 e. The minimum Gasteiger partial charge on any atom is -0.466 e. The maximum atomic E-state index is 11.0. The lowest BCUT2D eigenvalue weighted by atomic mass is 10.2. The zero-order chi connectivity index (χ0) is 13.0. The Bertz CT molecular complexity index is 585. The number of esters is 1. The topological polar surface area (TPSA) is 44.1 Å². The van der Waals surface area contributed by atoms with Crippen molar-refractivity contribution in [2.75, 3.05) is 7.11 Å². The standard InChI is InChI=1S/C14H14N2O2/c1-11-5-3-4-6-13(11)16-10-12(9-15-16)7-8-14(17)18-2/h3-10H,1-2H3. The lowest BCUT2D eigenvalue weighted by Gasteiger charge is -2.03. The van der Waals surface area contributed by atoms with Crippen molar-refractivity contribution >= 4 is 12.0 Å². The highest BCUT2D eigenvalue weighted by Crippen LogP contribution is 2.13. The van der Waals surface area contributed by atoms with Crippen LogP contribution in [0.25, 0.3) is 11.8 Å². The van der Waals surface area contributed by atoms with E-state index in [1.807, 2.05) is 37.4 Å². The minimum atomic E-state index is -0.376. The number of carbonyl (C=O) groups excluding carboxylic acids is 1. The Morgan fingerprint density at radius 3 is 2.89 bits per heavy atom. The average molecular weight is 242 g/mol. The van der Waals surface area contributed by atoms with Crippen LogP contribution in [0.3, 0.4) is 0 Å². The van der Waals surface area contributed by atoms with Gasteiger partial charge in [-0.05, 0) is 24.6 Å². The number of aromatic nitrogens is 2. The lowest BCUT2D eigenvalue weighted by molar-refractivity contribution is -0.134. The van der Waals surface area contributed by atoms with Gasteiger partial charge in [-0.25, -0.2) is 9.48 Å². The van der Waals surface area contributed by atoms with Crippen LogP contribution in [0.2, 0.25) is 0 Å². The molecule has 92 valence electrons. The first-order valence-corrected chi connectivity index (χ1v) is 5.57.